The molecule has 1 aromatic rings. The van der Waals surface area contributed by atoms with Gasteiger partial charge in [-0.1, -0.05) is 12.2 Å². The van der Waals surface area contributed by atoms with Crippen molar-refractivity contribution < 1.29 is 9.53 Å². The number of allylic oxidation sites excluding steroid dienone is 1. The second-order valence-electron chi connectivity index (χ2n) is 3.35. The van der Waals surface area contributed by atoms with E-state index < -0.39 is 0 Å². The van der Waals surface area contributed by atoms with E-state index in [2.05, 4.69) is 12.2 Å². The van der Waals surface area contributed by atoms with Crippen molar-refractivity contribution in [2.75, 3.05) is 7.11 Å². The van der Waals surface area contributed by atoms with Gasteiger partial charge >= 0.3 is 0 Å². The number of fused-ring (bicyclic) bond motifs is 1. The molecule has 1 aromatic carbocycles. The Labute approximate surface area is 83.2 Å². The molecule has 2 heteroatoms. The van der Waals surface area contributed by atoms with Crippen molar-refractivity contribution in [1.29, 1.82) is 0 Å². The minimum Gasteiger partial charge on any atom is -0.496 e. The number of hydrogen-bond donors (Lipinski definition) is 0. The fourth-order valence-electron chi connectivity index (χ4n) is 1.75. The Bertz CT molecular complexity index is 392. The van der Waals surface area contributed by atoms with Crippen LogP contribution in [0.4, 0.5) is 0 Å². The van der Waals surface area contributed by atoms with Crippen molar-refractivity contribution in [1.82, 2.24) is 0 Å². The molecule has 0 N–H and O–H groups in total. The molecule has 0 saturated carbocycles. The zero-order valence-electron chi connectivity index (χ0n) is 8.12. The Kier molecular flexibility index (Phi) is 2.35. The summed E-state index contributed by atoms with van der Waals surface area (Å²) in [6.45, 7) is 0. The van der Waals surface area contributed by atoms with Crippen LogP contribution < -0.4 is 4.74 Å². The van der Waals surface area contributed by atoms with Crippen LogP contribution in [-0.4, -0.2) is 13.4 Å². The highest BCUT2D eigenvalue weighted by atomic mass is 16.5. The summed E-state index contributed by atoms with van der Waals surface area (Å²) >= 11 is 0. The molecule has 0 atom stereocenters. The largest absolute Gasteiger partial charge is 0.496 e. The minimum absolute atomic E-state index is 0.640. The van der Waals surface area contributed by atoms with Crippen LogP contribution in [0.2, 0.25) is 0 Å². The number of hydrogen-bond acceptors (Lipinski definition) is 2. The number of carbonyl (C=O) groups excluding carboxylic acids is 1. The lowest BCUT2D eigenvalue weighted by Crippen LogP contribution is -1.98. The van der Waals surface area contributed by atoms with Gasteiger partial charge < -0.3 is 4.74 Å². The van der Waals surface area contributed by atoms with E-state index in [0.29, 0.717) is 11.3 Å². The SMILES string of the molecule is COc1cc2c(cc1C=O)CCC=C2. The number of methoxy groups -OCH3 is 1. The summed E-state index contributed by atoms with van der Waals surface area (Å²) in [5.41, 5.74) is 3.04. The van der Waals surface area contributed by atoms with Gasteiger partial charge in [0.25, 0.3) is 0 Å². The van der Waals surface area contributed by atoms with Crippen LogP contribution in [-0.2, 0) is 6.42 Å². The van der Waals surface area contributed by atoms with Crippen LogP contribution in [0.25, 0.3) is 6.08 Å². The molecule has 0 radical (unpaired) electrons. The molecular formula is C12H12O2. The first kappa shape index (κ1) is 9.00. The third-order valence-corrected chi connectivity index (χ3v) is 2.50. The van der Waals surface area contributed by atoms with Gasteiger partial charge in [-0.3, -0.25) is 4.79 Å². The summed E-state index contributed by atoms with van der Waals surface area (Å²) in [5, 5.41) is 0. The van der Waals surface area contributed by atoms with Gasteiger partial charge in [-0.25, -0.2) is 0 Å². The van der Waals surface area contributed by atoms with E-state index in [0.717, 1.165) is 19.1 Å². The van der Waals surface area contributed by atoms with E-state index in [-0.39, 0.29) is 0 Å². The van der Waals surface area contributed by atoms with E-state index in [1.54, 1.807) is 7.11 Å². The molecule has 0 aromatic heterocycles. The number of carbonyl (C=O) groups is 1. The lowest BCUT2D eigenvalue weighted by Gasteiger charge is -2.13. The second-order valence-corrected chi connectivity index (χ2v) is 3.35. The maximum atomic E-state index is 10.8. The lowest BCUT2D eigenvalue weighted by molar-refractivity contribution is 0.112. The fourth-order valence-corrected chi connectivity index (χ4v) is 1.75. The third-order valence-electron chi connectivity index (χ3n) is 2.50. The average Bonchev–Trinajstić information content (AvgIpc) is 2.27. The first-order chi connectivity index (χ1) is 6.85. The average molecular weight is 188 g/mol. The Balaban J connectivity index is 2.56. The quantitative estimate of drug-likeness (QED) is 0.666. The highest BCUT2D eigenvalue weighted by Crippen LogP contribution is 2.26. The fraction of sp³-hybridized carbons (Fsp3) is 0.250. The van der Waals surface area contributed by atoms with E-state index in [1.165, 1.54) is 11.1 Å². The summed E-state index contributed by atoms with van der Waals surface area (Å²) in [6.07, 6.45) is 7.13. The molecule has 0 spiro atoms. The molecule has 0 aliphatic heterocycles. The van der Waals surface area contributed by atoms with Crippen LogP contribution in [0.5, 0.6) is 5.75 Å². The molecule has 1 aliphatic rings. The number of rotatable bonds is 2. The molecule has 2 nitrogen and oxygen atoms in total. The zero-order chi connectivity index (χ0) is 9.97. The van der Waals surface area contributed by atoms with Crippen LogP contribution >= 0.6 is 0 Å². The van der Waals surface area contributed by atoms with Crippen LogP contribution in [0.3, 0.4) is 0 Å². The molecule has 14 heavy (non-hydrogen) atoms. The zero-order valence-corrected chi connectivity index (χ0v) is 8.12. The summed E-state index contributed by atoms with van der Waals surface area (Å²) in [6, 6.07) is 3.85. The molecule has 0 heterocycles. The molecule has 0 unspecified atom stereocenters. The van der Waals surface area contributed by atoms with E-state index in [1.807, 2.05) is 12.1 Å². The highest BCUT2D eigenvalue weighted by Gasteiger charge is 2.09. The Morgan fingerprint density at radius 2 is 2.29 bits per heavy atom. The summed E-state index contributed by atoms with van der Waals surface area (Å²) < 4.78 is 5.14. The van der Waals surface area contributed by atoms with Crippen molar-refractivity contribution in [3.05, 3.63) is 34.9 Å². The van der Waals surface area contributed by atoms with E-state index in [9.17, 15) is 4.79 Å². The summed E-state index contributed by atoms with van der Waals surface area (Å²) in [4.78, 5) is 10.8. The number of benzene rings is 1. The first-order valence-electron chi connectivity index (χ1n) is 4.68. The van der Waals surface area contributed by atoms with Crippen LogP contribution in [0.1, 0.15) is 27.9 Å². The number of ether oxygens (including phenoxy) is 1. The van der Waals surface area contributed by atoms with E-state index >= 15 is 0 Å². The van der Waals surface area contributed by atoms with Crippen LogP contribution in [0, 0.1) is 0 Å². The predicted octanol–water partition coefficient (Wildman–Crippen LogP) is 2.47. The van der Waals surface area contributed by atoms with Gasteiger partial charge in [0.15, 0.2) is 6.29 Å². The summed E-state index contributed by atoms with van der Waals surface area (Å²) in [7, 11) is 1.58. The molecule has 0 bridgehead atoms. The van der Waals surface area contributed by atoms with E-state index in [4.69, 9.17) is 4.74 Å². The molecule has 2 rings (SSSR count). The minimum atomic E-state index is 0.640. The van der Waals surface area contributed by atoms with Crippen LogP contribution in [0.15, 0.2) is 18.2 Å². The van der Waals surface area contributed by atoms with Gasteiger partial charge in [-0.05, 0) is 36.1 Å². The van der Waals surface area contributed by atoms with Gasteiger partial charge in [0.1, 0.15) is 5.75 Å². The molecule has 0 amide bonds. The van der Waals surface area contributed by atoms with Crippen molar-refractivity contribution in [2.24, 2.45) is 0 Å². The van der Waals surface area contributed by atoms with Gasteiger partial charge in [-0.2, -0.15) is 0 Å². The molecule has 1 aliphatic carbocycles. The predicted molar refractivity (Wildman–Crippen MR) is 55.7 cm³/mol. The number of aldehydes is 1. The standard InChI is InChI=1S/C12H12O2/c1-14-12-7-10-5-3-2-4-9(10)6-11(12)8-13/h3,5-8H,2,4H2,1H3. The van der Waals surface area contributed by atoms with Crippen molar-refractivity contribution >= 4 is 12.4 Å². The monoisotopic (exact) mass is 188 g/mol. The first-order valence-corrected chi connectivity index (χ1v) is 4.68. The maximum absolute atomic E-state index is 10.8. The van der Waals surface area contributed by atoms with Gasteiger partial charge in [0, 0.05) is 0 Å². The van der Waals surface area contributed by atoms with Crippen molar-refractivity contribution in [3.63, 3.8) is 0 Å². The Hall–Kier alpha value is -1.57. The molecule has 0 fully saturated rings. The maximum Gasteiger partial charge on any atom is 0.153 e. The third kappa shape index (κ3) is 1.43. The van der Waals surface area contributed by atoms with Gasteiger partial charge in [-0.15, -0.1) is 0 Å². The molecule has 72 valence electrons. The van der Waals surface area contributed by atoms with Gasteiger partial charge in [0.05, 0.1) is 12.7 Å². The summed E-state index contributed by atoms with van der Waals surface area (Å²) in [5.74, 6) is 0.658. The smallest absolute Gasteiger partial charge is 0.153 e. The van der Waals surface area contributed by atoms with Gasteiger partial charge in [0.2, 0.25) is 0 Å². The van der Waals surface area contributed by atoms with Crippen molar-refractivity contribution in [3.8, 4) is 5.75 Å². The van der Waals surface area contributed by atoms with Crippen molar-refractivity contribution in [2.45, 2.75) is 12.8 Å². The highest BCUT2D eigenvalue weighted by molar-refractivity contribution is 5.81. The molecular weight excluding hydrogens is 176 g/mol. The topological polar surface area (TPSA) is 26.3 Å². The lowest BCUT2D eigenvalue weighted by atomic mass is 9.95. The molecule has 0 saturated heterocycles. The normalized spacial score (nSPS) is 13.5. The second kappa shape index (κ2) is 3.66. The Morgan fingerprint density at radius 3 is 3.00 bits per heavy atom. The Morgan fingerprint density at radius 1 is 1.43 bits per heavy atom. The number of aryl methyl sites for hydroxylation is 1.